The smallest absolute Gasteiger partial charge is 0.263 e. The van der Waals surface area contributed by atoms with Gasteiger partial charge >= 0.3 is 5.25 Å². The molecule has 10 heteroatoms. The molecule has 0 saturated heterocycles. The maximum absolute atomic E-state index is 13.2. The monoisotopic (exact) mass is 332 g/mol. The van der Waals surface area contributed by atoms with Crippen molar-refractivity contribution in [3.05, 3.63) is 30.3 Å². The molecule has 20 heavy (non-hydrogen) atoms. The van der Waals surface area contributed by atoms with Crippen molar-refractivity contribution in [1.82, 2.24) is 0 Å². The quantitative estimate of drug-likeness (QED) is 0.735. The topological polar surface area (TPSA) is 77.5 Å². The van der Waals surface area contributed by atoms with Crippen LogP contribution in [0.3, 0.4) is 0 Å². The van der Waals surface area contributed by atoms with Gasteiger partial charge in [-0.05, 0) is 12.1 Å². The molecule has 0 bridgehead atoms. The summed E-state index contributed by atoms with van der Waals surface area (Å²) in [4.78, 5) is -0.352. The molecule has 1 rings (SSSR count). The second kappa shape index (κ2) is 5.70. The van der Waals surface area contributed by atoms with Crippen LogP contribution in [-0.2, 0) is 24.1 Å². The molecule has 0 spiro atoms. The van der Waals surface area contributed by atoms with Crippen molar-refractivity contribution in [3.8, 4) is 0 Å². The lowest BCUT2D eigenvalue weighted by atomic mass is 10.4. The second-order valence-electron chi connectivity index (χ2n) is 3.85. The third kappa shape index (κ3) is 3.70. The molecule has 0 aliphatic rings. The number of hydrogen-bond acceptors (Lipinski definition) is 5. The molecule has 1 atom stereocenters. The molecule has 0 N–H and O–H groups in total. The van der Waals surface area contributed by atoms with Gasteiger partial charge in [0.05, 0.1) is 4.90 Å². The number of alkyl halides is 3. The van der Waals surface area contributed by atoms with Gasteiger partial charge in [0.1, 0.15) is 6.61 Å². The number of sulfone groups is 1. The Labute approximate surface area is 114 Å². The van der Waals surface area contributed by atoms with Crippen LogP contribution >= 0.6 is 0 Å². The Morgan fingerprint density at radius 3 is 2.10 bits per heavy atom. The van der Waals surface area contributed by atoms with Gasteiger partial charge in [-0.25, -0.2) is 12.8 Å². The highest BCUT2D eigenvalue weighted by Crippen LogP contribution is 2.28. The molecule has 0 amide bonds. The minimum Gasteiger partial charge on any atom is -0.263 e. The van der Waals surface area contributed by atoms with Crippen LogP contribution in [0.25, 0.3) is 0 Å². The van der Waals surface area contributed by atoms with Crippen molar-refractivity contribution in [1.29, 1.82) is 0 Å². The second-order valence-corrected chi connectivity index (χ2v) is 7.56. The van der Waals surface area contributed by atoms with Crippen LogP contribution in [-0.4, -0.2) is 41.1 Å². The van der Waals surface area contributed by atoms with Gasteiger partial charge in [-0.1, -0.05) is 18.2 Å². The summed E-state index contributed by atoms with van der Waals surface area (Å²) in [5.74, 6) is 0. The first kappa shape index (κ1) is 16.9. The molecule has 5 nitrogen and oxygen atoms in total. The highest BCUT2D eigenvalue weighted by molar-refractivity contribution is 7.91. The first-order chi connectivity index (χ1) is 8.98. The lowest BCUT2D eigenvalue weighted by molar-refractivity contribution is -0.0142. The summed E-state index contributed by atoms with van der Waals surface area (Å²) in [5.41, 5.74) is 0. The molecule has 0 saturated carbocycles. The minimum absolute atomic E-state index is 0.144. The summed E-state index contributed by atoms with van der Waals surface area (Å²) in [7, 11) is -9.45. The fourth-order valence-electron chi connectivity index (χ4n) is 1.13. The lowest BCUT2D eigenvalue weighted by Gasteiger charge is -2.18. The highest BCUT2D eigenvalue weighted by Gasteiger charge is 2.51. The Hall–Kier alpha value is -1.13. The number of halogens is 3. The fraction of sp³-hybridized carbons (Fsp3) is 0.400. The van der Waals surface area contributed by atoms with Crippen molar-refractivity contribution < 1.29 is 34.2 Å². The van der Waals surface area contributed by atoms with E-state index >= 15 is 0 Å². The average Bonchev–Trinajstić information content (AvgIpc) is 2.35. The molecule has 1 unspecified atom stereocenters. The predicted molar refractivity (Wildman–Crippen MR) is 64.3 cm³/mol. The standard InChI is InChI=1S/C10H11F3O5S2/c1-19(14,15)10(12,13)9(11)7-18-20(16,17)8-5-3-2-4-6-8/h2-6,9H,7H2,1H3. The lowest BCUT2D eigenvalue weighted by Crippen LogP contribution is -2.41. The van der Waals surface area contributed by atoms with Gasteiger partial charge in [0.25, 0.3) is 10.1 Å². The maximum Gasteiger partial charge on any atom is 0.377 e. The van der Waals surface area contributed by atoms with Crippen molar-refractivity contribution in [2.75, 3.05) is 12.9 Å². The van der Waals surface area contributed by atoms with Crippen LogP contribution in [0, 0.1) is 0 Å². The molecular formula is C10H11F3O5S2. The van der Waals surface area contributed by atoms with Crippen molar-refractivity contribution in [2.45, 2.75) is 16.3 Å². The maximum atomic E-state index is 13.2. The molecule has 0 aliphatic carbocycles. The van der Waals surface area contributed by atoms with Crippen LogP contribution in [0.2, 0.25) is 0 Å². The van der Waals surface area contributed by atoms with Crippen LogP contribution in [0.5, 0.6) is 0 Å². The summed E-state index contributed by atoms with van der Waals surface area (Å²) in [6.45, 7) is -1.60. The van der Waals surface area contributed by atoms with E-state index in [0.717, 1.165) is 12.1 Å². The van der Waals surface area contributed by atoms with E-state index in [4.69, 9.17) is 0 Å². The number of rotatable bonds is 6. The van der Waals surface area contributed by atoms with Crippen LogP contribution in [0.15, 0.2) is 35.2 Å². The van der Waals surface area contributed by atoms with Crippen molar-refractivity contribution in [2.24, 2.45) is 0 Å². The first-order valence-electron chi connectivity index (χ1n) is 5.14. The van der Waals surface area contributed by atoms with E-state index < -0.39 is 38.0 Å². The summed E-state index contributed by atoms with van der Waals surface area (Å²) in [5, 5.41) is -4.72. The summed E-state index contributed by atoms with van der Waals surface area (Å²) >= 11 is 0. The number of hydrogen-bond donors (Lipinski definition) is 0. The van der Waals surface area contributed by atoms with E-state index in [0.29, 0.717) is 0 Å². The van der Waals surface area contributed by atoms with Gasteiger partial charge in [-0.3, -0.25) is 4.18 Å². The average molecular weight is 332 g/mol. The zero-order valence-electron chi connectivity index (χ0n) is 10.2. The van der Waals surface area contributed by atoms with Gasteiger partial charge in [0, 0.05) is 6.26 Å². The zero-order chi connectivity index (χ0) is 15.6. The summed E-state index contributed by atoms with van der Waals surface area (Å²) < 4.78 is 87.9. The van der Waals surface area contributed by atoms with E-state index in [9.17, 15) is 30.0 Å². The molecule has 0 aromatic heterocycles. The Kier molecular flexibility index (Phi) is 4.82. The van der Waals surface area contributed by atoms with Gasteiger partial charge in [0.15, 0.2) is 0 Å². The molecule has 0 fully saturated rings. The third-order valence-electron chi connectivity index (χ3n) is 2.26. The Morgan fingerprint density at radius 2 is 1.65 bits per heavy atom. The van der Waals surface area contributed by atoms with Crippen LogP contribution in [0.1, 0.15) is 0 Å². The number of benzene rings is 1. The van der Waals surface area contributed by atoms with Gasteiger partial charge in [-0.2, -0.15) is 17.2 Å². The molecule has 0 aliphatic heterocycles. The summed E-state index contributed by atoms with van der Waals surface area (Å²) in [6.07, 6.45) is -3.15. The van der Waals surface area contributed by atoms with E-state index in [1.807, 2.05) is 0 Å². The Bertz CT molecular complexity index is 655. The van der Waals surface area contributed by atoms with Gasteiger partial charge in [0.2, 0.25) is 16.0 Å². The van der Waals surface area contributed by atoms with E-state index in [-0.39, 0.29) is 11.2 Å². The van der Waals surface area contributed by atoms with E-state index in [2.05, 4.69) is 4.18 Å². The van der Waals surface area contributed by atoms with Crippen molar-refractivity contribution >= 4 is 20.0 Å². The van der Waals surface area contributed by atoms with Gasteiger partial charge < -0.3 is 0 Å². The zero-order valence-corrected chi connectivity index (χ0v) is 11.8. The molecule has 1 aromatic carbocycles. The molecule has 114 valence electrons. The van der Waals surface area contributed by atoms with Crippen LogP contribution in [0.4, 0.5) is 13.2 Å². The molecule has 0 heterocycles. The predicted octanol–water partition coefficient (Wildman–Crippen LogP) is 1.37. The minimum atomic E-state index is -5.02. The SMILES string of the molecule is CS(=O)(=O)C(F)(F)C(F)COS(=O)(=O)c1ccccc1. The largest absolute Gasteiger partial charge is 0.377 e. The Morgan fingerprint density at radius 1 is 1.15 bits per heavy atom. The highest BCUT2D eigenvalue weighted by atomic mass is 32.2. The fourth-order valence-corrected chi connectivity index (χ4v) is 2.59. The third-order valence-corrected chi connectivity index (χ3v) is 4.80. The molecular weight excluding hydrogens is 321 g/mol. The van der Waals surface area contributed by atoms with E-state index in [1.54, 1.807) is 0 Å². The van der Waals surface area contributed by atoms with E-state index in [1.165, 1.54) is 18.2 Å². The van der Waals surface area contributed by atoms with Gasteiger partial charge in [-0.15, -0.1) is 0 Å². The first-order valence-corrected chi connectivity index (χ1v) is 8.44. The summed E-state index contributed by atoms with van der Waals surface area (Å²) in [6, 6.07) is 6.46. The Balaban J connectivity index is 2.83. The normalized spacial score (nSPS) is 15.0. The van der Waals surface area contributed by atoms with Crippen LogP contribution < -0.4 is 0 Å². The van der Waals surface area contributed by atoms with Crippen molar-refractivity contribution in [3.63, 3.8) is 0 Å². The molecule has 1 aromatic rings. The molecule has 0 radical (unpaired) electrons.